The summed E-state index contributed by atoms with van der Waals surface area (Å²) in [6, 6.07) is 6.29. The molecule has 0 atom stereocenters. The smallest absolute Gasteiger partial charge is 0.255 e. The number of carbonyl (C=O) groups is 1. The minimum absolute atomic E-state index is 0.172. The molecule has 0 fully saturated rings. The third-order valence-electron chi connectivity index (χ3n) is 3.62. The number of hydrogen-bond donors (Lipinski definition) is 1. The maximum absolute atomic E-state index is 12.9. The number of halogens is 1. The Morgan fingerprint density at radius 1 is 1.25 bits per heavy atom. The number of hydrogen-bond acceptors (Lipinski definition) is 4. The molecule has 0 bridgehead atoms. The lowest BCUT2D eigenvalue weighted by molar-refractivity contribution is 0.0949. The summed E-state index contributed by atoms with van der Waals surface area (Å²) in [5.74, 6) is 0.532. The van der Waals surface area contributed by atoms with E-state index in [1.54, 1.807) is 12.1 Å². The van der Waals surface area contributed by atoms with Crippen molar-refractivity contribution < 1.29 is 9.18 Å². The van der Waals surface area contributed by atoms with E-state index in [0.717, 1.165) is 11.4 Å². The predicted octanol–water partition coefficient (Wildman–Crippen LogP) is 3.74. The molecule has 2 aromatic rings. The zero-order valence-corrected chi connectivity index (χ0v) is 15.2. The first kappa shape index (κ1) is 18.4. The lowest BCUT2D eigenvalue weighted by Gasteiger charge is -2.13. The van der Waals surface area contributed by atoms with Crippen molar-refractivity contribution in [1.29, 1.82) is 0 Å². The van der Waals surface area contributed by atoms with Crippen molar-refractivity contribution in [1.82, 2.24) is 15.3 Å². The number of rotatable bonds is 6. The molecule has 0 aliphatic heterocycles. The van der Waals surface area contributed by atoms with Crippen molar-refractivity contribution in [2.75, 3.05) is 12.8 Å². The Morgan fingerprint density at radius 2 is 1.92 bits per heavy atom. The SMILES string of the molecule is CSc1nc(C(C)C)nc(C)c1C(=O)NCCc1ccc(F)cc1. The van der Waals surface area contributed by atoms with E-state index < -0.39 is 0 Å². The fraction of sp³-hybridized carbons (Fsp3) is 0.389. The first-order valence-corrected chi connectivity index (χ1v) is 9.10. The standard InChI is InChI=1S/C18H22FN3OS/c1-11(2)16-21-12(3)15(18(22-16)24-4)17(23)20-10-9-13-5-7-14(19)8-6-13/h5-8,11H,9-10H2,1-4H3,(H,20,23). The second-order valence-electron chi connectivity index (χ2n) is 5.84. The molecule has 0 radical (unpaired) electrons. The summed E-state index contributed by atoms with van der Waals surface area (Å²) in [5.41, 5.74) is 2.20. The molecule has 1 heterocycles. The monoisotopic (exact) mass is 347 g/mol. The van der Waals surface area contributed by atoms with Crippen molar-refractivity contribution in [3.8, 4) is 0 Å². The van der Waals surface area contributed by atoms with Crippen LogP contribution in [-0.4, -0.2) is 28.7 Å². The molecular formula is C18H22FN3OS. The molecular weight excluding hydrogens is 325 g/mol. The molecule has 0 aliphatic rings. The highest BCUT2D eigenvalue weighted by atomic mass is 32.2. The van der Waals surface area contributed by atoms with Crippen molar-refractivity contribution in [3.63, 3.8) is 0 Å². The number of carbonyl (C=O) groups excluding carboxylic acids is 1. The third-order valence-corrected chi connectivity index (χ3v) is 4.31. The second-order valence-corrected chi connectivity index (χ2v) is 6.63. The van der Waals surface area contributed by atoms with Gasteiger partial charge < -0.3 is 5.32 Å². The van der Waals surface area contributed by atoms with Gasteiger partial charge in [-0.3, -0.25) is 4.79 Å². The van der Waals surface area contributed by atoms with Gasteiger partial charge in [0.2, 0.25) is 0 Å². The fourth-order valence-corrected chi connectivity index (χ4v) is 2.92. The van der Waals surface area contributed by atoms with Crippen molar-refractivity contribution in [2.45, 2.75) is 38.1 Å². The maximum atomic E-state index is 12.9. The molecule has 6 heteroatoms. The first-order valence-electron chi connectivity index (χ1n) is 7.87. The Labute approximate surface area is 146 Å². The lowest BCUT2D eigenvalue weighted by Crippen LogP contribution is -2.28. The second kappa shape index (κ2) is 8.24. The summed E-state index contributed by atoms with van der Waals surface area (Å²) >= 11 is 1.45. The van der Waals surface area contributed by atoms with E-state index in [0.29, 0.717) is 29.2 Å². The van der Waals surface area contributed by atoms with Crippen molar-refractivity contribution in [2.24, 2.45) is 0 Å². The number of benzene rings is 1. The van der Waals surface area contributed by atoms with Crippen LogP contribution in [0, 0.1) is 12.7 Å². The van der Waals surface area contributed by atoms with Crippen LogP contribution in [0.2, 0.25) is 0 Å². The summed E-state index contributed by atoms with van der Waals surface area (Å²) in [4.78, 5) is 21.5. The van der Waals surface area contributed by atoms with Gasteiger partial charge in [-0.2, -0.15) is 0 Å². The summed E-state index contributed by atoms with van der Waals surface area (Å²) in [5, 5.41) is 3.60. The van der Waals surface area contributed by atoms with Gasteiger partial charge in [-0.25, -0.2) is 14.4 Å². The zero-order chi connectivity index (χ0) is 17.7. The largest absolute Gasteiger partial charge is 0.352 e. The van der Waals surface area contributed by atoms with Gasteiger partial charge in [0.25, 0.3) is 5.91 Å². The van der Waals surface area contributed by atoms with Crippen molar-refractivity contribution >= 4 is 17.7 Å². The number of thioether (sulfide) groups is 1. The topological polar surface area (TPSA) is 54.9 Å². The van der Waals surface area contributed by atoms with E-state index in [1.165, 1.54) is 23.9 Å². The molecule has 1 aromatic heterocycles. The molecule has 0 aliphatic carbocycles. The number of amides is 1. The van der Waals surface area contributed by atoms with Crippen LogP contribution in [0.25, 0.3) is 0 Å². The maximum Gasteiger partial charge on any atom is 0.255 e. The molecule has 1 amide bonds. The minimum atomic E-state index is -0.259. The molecule has 0 spiro atoms. The number of aromatic nitrogens is 2. The molecule has 4 nitrogen and oxygen atoms in total. The average molecular weight is 347 g/mol. The van der Waals surface area contributed by atoms with Crippen LogP contribution in [0.15, 0.2) is 29.3 Å². The number of nitrogens with zero attached hydrogens (tertiary/aromatic N) is 2. The lowest BCUT2D eigenvalue weighted by atomic mass is 10.1. The van der Waals surface area contributed by atoms with Crippen LogP contribution in [-0.2, 0) is 6.42 Å². The molecule has 0 saturated carbocycles. The Bertz CT molecular complexity index is 717. The number of aryl methyl sites for hydroxylation is 1. The highest BCUT2D eigenvalue weighted by molar-refractivity contribution is 7.98. The average Bonchev–Trinajstić information content (AvgIpc) is 2.55. The Balaban J connectivity index is 2.07. The molecule has 1 N–H and O–H groups in total. The fourth-order valence-electron chi connectivity index (χ4n) is 2.29. The molecule has 1 aromatic carbocycles. The van der Waals surface area contributed by atoms with Gasteiger partial charge in [0.1, 0.15) is 16.7 Å². The van der Waals surface area contributed by atoms with Gasteiger partial charge in [-0.1, -0.05) is 26.0 Å². The Kier molecular flexibility index (Phi) is 6.31. The zero-order valence-electron chi connectivity index (χ0n) is 14.4. The predicted molar refractivity (Wildman–Crippen MR) is 95.1 cm³/mol. The Hall–Kier alpha value is -1.95. The molecule has 24 heavy (non-hydrogen) atoms. The third kappa shape index (κ3) is 4.54. The highest BCUT2D eigenvalue weighted by Crippen LogP contribution is 2.23. The van der Waals surface area contributed by atoms with E-state index in [4.69, 9.17) is 0 Å². The first-order chi connectivity index (χ1) is 11.4. The summed E-state index contributed by atoms with van der Waals surface area (Å²) in [6.07, 6.45) is 2.55. The Morgan fingerprint density at radius 3 is 2.50 bits per heavy atom. The molecule has 0 saturated heterocycles. The van der Waals surface area contributed by atoms with Gasteiger partial charge in [0.15, 0.2) is 0 Å². The van der Waals surface area contributed by atoms with Crippen LogP contribution in [0.3, 0.4) is 0 Å². The summed E-state index contributed by atoms with van der Waals surface area (Å²) < 4.78 is 12.9. The van der Waals surface area contributed by atoms with Gasteiger partial charge in [-0.05, 0) is 37.3 Å². The quantitative estimate of drug-likeness (QED) is 0.639. The van der Waals surface area contributed by atoms with Crippen LogP contribution < -0.4 is 5.32 Å². The normalized spacial score (nSPS) is 10.9. The van der Waals surface area contributed by atoms with E-state index in [2.05, 4.69) is 15.3 Å². The van der Waals surface area contributed by atoms with Gasteiger partial charge in [-0.15, -0.1) is 11.8 Å². The summed E-state index contributed by atoms with van der Waals surface area (Å²) in [7, 11) is 0. The molecule has 0 unspecified atom stereocenters. The van der Waals surface area contributed by atoms with Crippen LogP contribution >= 0.6 is 11.8 Å². The van der Waals surface area contributed by atoms with Gasteiger partial charge in [0, 0.05) is 12.5 Å². The van der Waals surface area contributed by atoms with Gasteiger partial charge >= 0.3 is 0 Å². The van der Waals surface area contributed by atoms with E-state index in [-0.39, 0.29) is 17.6 Å². The van der Waals surface area contributed by atoms with Crippen LogP contribution in [0.4, 0.5) is 4.39 Å². The molecule has 128 valence electrons. The highest BCUT2D eigenvalue weighted by Gasteiger charge is 2.19. The van der Waals surface area contributed by atoms with E-state index in [1.807, 2.05) is 27.0 Å². The van der Waals surface area contributed by atoms with Crippen LogP contribution in [0.5, 0.6) is 0 Å². The number of nitrogens with one attached hydrogen (secondary N) is 1. The van der Waals surface area contributed by atoms with E-state index >= 15 is 0 Å². The molecule has 2 rings (SSSR count). The summed E-state index contributed by atoms with van der Waals surface area (Å²) in [6.45, 7) is 6.37. The minimum Gasteiger partial charge on any atom is -0.352 e. The van der Waals surface area contributed by atoms with Gasteiger partial charge in [0.05, 0.1) is 11.3 Å². The van der Waals surface area contributed by atoms with E-state index in [9.17, 15) is 9.18 Å². The van der Waals surface area contributed by atoms with Crippen molar-refractivity contribution in [3.05, 3.63) is 52.7 Å². The van der Waals surface area contributed by atoms with Crippen LogP contribution in [0.1, 0.15) is 47.2 Å².